The summed E-state index contributed by atoms with van der Waals surface area (Å²) in [4.78, 5) is 32.8. The van der Waals surface area contributed by atoms with Crippen LogP contribution in [0.1, 0.15) is 31.3 Å². The standard InChI is InChI=1S/C11H15N3O5/c1-6(2)10(15)7(3)12-13-11(16)8-4-5-9(19-8)14(17)18/h4-7,12H,1-3H3,(H,13,16). The zero-order chi connectivity index (χ0) is 14.6. The highest BCUT2D eigenvalue weighted by Gasteiger charge is 2.20. The predicted molar refractivity (Wildman–Crippen MR) is 65.3 cm³/mol. The SMILES string of the molecule is CC(C)C(=O)C(C)NNC(=O)c1ccc([N+](=O)[O-])o1. The van der Waals surface area contributed by atoms with E-state index in [4.69, 9.17) is 4.42 Å². The van der Waals surface area contributed by atoms with E-state index in [1.165, 1.54) is 6.07 Å². The maximum absolute atomic E-state index is 11.6. The Labute approximate surface area is 109 Å². The Morgan fingerprint density at radius 1 is 1.32 bits per heavy atom. The van der Waals surface area contributed by atoms with E-state index in [2.05, 4.69) is 10.9 Å². The van der Waals surface area contributed by atoms with E-state index in [9.17, 15) is 19.7 Å². The van der Waals surface area contributed by atoms with Gasteiger partial charge in [-0.1, -0.05) is 13.8 Å². The fourth-order valence-corrected chi connectivity index (χ4v) is 1.35. The van der Waals surface area contributed by atoms with Crippen LogP contribution >= 0.6 is 0 Å². The monoisotopic (exact) mass is 269 g/mol. The van der Waals surface area contributed by atoms with Crippen LogP contribution in [0.4, 0.5) is 5.88 Å². The Hall–Kier alpha value is -2.22. The van der Waals surface area contributed by atoms with Gasteiger partial charge in [0.05, 0.1) is 12.1 Å². The lowest BCUT2D eigenvalue weighted by Crippen LogP contribution is -2.47. The number of hydrogen-bond acceptors (Lipinski definition) is 6. The minimum atomic E-state index is -0.741. The first kappa shape index (κ1) is 14.8. The molecule has 1 unspecified atom stereocenters. The van der Waals surface area contributed by atoms with Gasteiger partial charge in [0.15, 0.2) is 11.5 Å². The molecule has 0 spiro atoms. The summed E-state index contributed by atoms with van der Waals surface area (Å²) in [6, 6.07) is 1.70. The van der Waals surface area contributed by atoms with E-state index in [-0.39, 0.29) is 17.5 Å². The first-order valence-corrected chi connectivity index (χ1v) is 5.66. The third kappa shape index (κ3) is 3.88. The first-order valence-electron chi connectivity index (χ1n) is 5.66. The highest BCUT2D eigenvalue weighted by molar-refractivity contribution is 5.92. The number of carbonyl (C=O) groups is 2. The molecule has 1 aromatic rings. The van der Waals surface area contributed by atoms with E-state index in [1.807, 2.05) is 0 Å². The van der Waals surface area contributed by atoms with Crippen molar-refractivity contribution in [1.29, 1.82) is 0 Å². The Morgan fingerprint density at radius 3 is 2.42 bits per heavy atom. The van der Waals surface area contributed by atoms with Gasteiger partial charge in [0.1, 0.15) is 4.92 Å². The van der Waals surface area contributed by atoms with Crippen molar-refractivity contribution in [2.45, 2.75) is 26.8 Å². The maximum Gasteiger partial charge on any atom is 0.433 e. The number of nitrogens with one attached hydrogen (secondary N) is 2. The molecule has 0 aliphatic rings. The molecule has 8 nitrogen and oxygen atoms in total. The molecular weight excluding hydrogens is 254 g/mol. The number of ketones is 1. The molecule has 0 saturated heterocycles. The average Bonchev–Trinajstić information content (AvgIpc) is 2.84. The molecule has 1 aromatic heterocycles. The molecule has 0 fully saturated rings. The molecule has 0 aliphatic carbocycles. The maximum atomic E-state index is 11.6. The molecular formula is C11H15N3O5. The van der Waals surface area contributed by atoms with E-state index in [0.29, 0.717) is 0 Å². The van der Waals surface area contributed by atoms with Crippen LogP contribution in [0.3, 0.4) is 0 Å². The molecule has 19 heavy (non-hydrogen) atoms. The fraction of sp³-hybridized carbons (Fsp3) is 0.455. The summed E-state index contributed by atoms with van der Waals surface area (Å²) in [5.74, 6) is -1.63. The molecule has 1 heterocycles. The summed E-state index contributed by atoms with van der Waals surface area (Å²) in [7, 11) is 0. The van der Waals surface area contributed by atoms with Crippen LogP contribution in [0.25, 0.3) is 0 Å². The molecule has 0 aromatic carbocycles. The van der Waals surface area contributed by atoms with E-state index in [1.54, 1.807) is 20.8 Å². The number of hydrogen-bond donors (Lipinski definition) is 2. The molecule has 1 atom stereocenters. The van der Waals surface area contributed by atoms with E-state index >= 15 is 0 Å². The molecule has 104 valence electrons. The second-order valence-electron chi connectivity index (χ2n) is 4.27. The number of amides is 1. The van der Waals surface area contributed by atoms with Crippen molar-refractivity contribution in [1.82, 2.24) is 10.9 Å². The number of hydrazine groups is 1. The van der Waals surface area contributed by atoms with Gasteiger partial charge in [-0.15, -0.1) is 0 Å². The van der Waals surface area contributed by atoms with Gasteiger partial charge in [-0.3, -0.25) is 25.1 Å². The number of Topliss-reactive ketones (excluding diaryl/α,β-unsaturated/α-hetero) is 1. The van der Waals surface area contributed by atoms with Gasteiger partial charge in [0.2, 0.25) is 0 Å². The van der Waals surface area contributed by atoms with E-state index < -0.39 is 22.8 Å². The molecule has 1 rings (SSSR count). The fourth-order valence-electron chi connectivity index (χ4n) is 1.35. The predicted octanol–water partition coefficient (Wildman–Crippen LogP) is 1.04. The van der Waals surface area contributed by atoms with Crippen LogP contribution in [0.5, 0.6) is 0 Å². The summed E-state index contributed by atoms with van der Waals surface area (Å²) in [6.45, 7) is 5.10. The van der Waals surface area contributed by atoms with Gasteiger partial charge in [-0.25, -0.2) is 5.43 Å². The topological polar surface area (TPSA) is 114 Å². The quantitative estimate of drug-likeness (QED) is 0.589. The molecule has 0 aliphatic heterocycles. The number of rotatable bonds is 6. The highest BCUT2D eigenvalue weighted by atomic mass is 16.6. The zero-order valence-corrected chi connectivity index (χ0v) is 10.8. The minimum absolute atomic E-state index is 0.0641. The van der Waals surface area contributed by atoms with Crippen molar-refractivity contribution in [2.75, 3.05) is 0 Å². The summed E-state index contributed by atoms with van der Waals surface area (Å²) in [5, 5.41) is 10.4. The summed E-state index contributed by atoms with van der Waals surface area (Å²) in [6.07, 6.45) is 0. The molecule has 0 radical (unpaired) electrons. The molecule has 2 N–H and O–H groups in total. The summed E-state index contributed by atoms with van der Waals surface area (Å²) in [5.41, 5.74) is 4.78. The van der Waals surface area contributed by atoms with Crippen LogP contribution in [0, 0.1) is 16.0 Å². The number of furan rings is 1. The van der Waals surface area contributed by atoms with Gasteiger partial charge >= 0.3 is 11.8 Å². The zero-order valence-electron chi connectivity index (χ0n) is 10.8. The Bertz CT molecular complexity index is 494. The lowest BCUT2D eigenvalue weighted by Gasteiger charge is -2.14. The molecule has 8 heteroatoms. The van der Waals surface area contributed by atoms with Crippen molar-refractivity contribution in [3.8, 4) is 0 Å². The highest BCUT2D eigenvalue weighted by Crippen LogP contribution is 2.15. The third-order valence-corrected chi connectivity index (χ3v) is 2.39. The smallest absolute Gasteiger partial charge is 0.395 e. The summed E-state index contributed by atoms with van der Waals surface area (Å²) < 4.78 is 4.71. The average molecular weight is 269 g/mol. The normalized spacial score (nSPS) is 12.2. The van der Waals surface area contributed by atoms with Crippen LogP contribution in [-0.4, -0.2) is 22.7 Å². The second kappa shape index (κ2) is 6.10. The summed E-state index contributed by atoms with van der Waals surface area (Å²) >= 11 is 0. The van der Waals surface area contributed by atoms with Gasteiger partial charge in [-0.2, -0.15) is 0 Å². The molecule has 0 saturated carbocycles. The van der Waals surface area contributed by atoms with Crippen LogP contribution in [0.2, 0.25) is 0 Å². The molecule has 1 amide bonds. The first-order chi connectivity index (χ1) is 8.82. The number of nitrogens with zero attached hydrogens (tertiary/aromatic N) is 1. The van der Waals surface area contributed by atoms with Gasteiger partial charge < -0.3 is 4.42 Å². The van der Waals surface area contributed by atoms with Crippen molar-refractivity contribution in [3.63, 3.8) is 0 Å². The van der Waals surface area contributed by atoms with Crippen LogP contribution < -0.4 is 10.9 Å². The minimum Gasteiger partial charge on any atom is -0.395 e. The van der Waals surface area contributed by atoms with Gasteiger partial charge in [0, 0.05) is 5.92 Å². The third-order valence-electron chi connectivity index (χ3n) is 2.39. The Morgan fingerprint density at radius 2 is 1.95 bits per heavy atom. The Kier molecular flexibility index (Phi) is 4.76. The van der Waals surface area contributed by atoms with Crippen molar-refractivity contribution in [3.05, 3.63) is 28.0 Å². The van der Waals surface area contributed by atoms with E-state index in [0.717, 1.165) is 6.07 Å². The van der Waals surface area contributed by atoms with Crippen molar-refractivity contribution in [2.24, 2.45) is 5.92 Å². The lowest BCUT2D eigenvalue weighted by atomic mass is 10.0. The number of carbonyl (C=O) groups excluding carboxylic acids is 2. The lowest BCUT2D eigenvalue weighted by molar-refractivity contribution is -0.402. The van der Waals surface area contributed by atoms with Gasteiger partial charge in [0.25, 0.3) is 0 Å². The van der Waals surface area contributed by atoms with Gasteiger partial charge in [-0.05, 0) is 13.0 Å². The number of nitro groups is 1. The van der Waals surface area contributed by atoms with Crippen molar-refractivity contribution < 1.29 is 18.9 Å². The molecule has 0 bridgehead atoms. The van der Waals surface area contributed by atoms with Crippen molar-refractivity contribution >= 4 is 17.6 Å². The Balaban J connectivity index is 2.55. The van der Waals surface area contributed by atoms with Crippen LogP contribution in [0.15, 0.2) is 16.5 Å². The largest absolute Gasteiger partial charge is 0.433 e. The van der Waals surface area contributed by atoms with Crippen LogP contribution in [-0.2, 0) is 4.79 Å². The second-order valence-corrected chi connectivity index (χ2v) is 4.27.